The van der Waals surface area contributed by atoms with Crippen LogP contribution in [0, 0.1) is 17.0 Å². The predicted molar refractivity (Wildman–Crippen MR) is 153 cm³/mol. The van der Waals surface area contributed by atoms with E-state index in [2.05, 4.69) is 14.9 Å². The molecule has 0 saturated heterocycles. The quantitative estimate of drug-likeness (QED) is 0.224. The van der Waals surface area contributed by atoms with Crippen molar-refractivity contribution in [3.63, 3.8) is 0 Å². The standard InChI is InChI=1S/C26H28ClN7O3.CH4/c1-16-12-21(32(4)9-8-31(2)3)22(34(35)36)13-20(16)29-26-28-14-19(27)24(30-26)18-15-33-10-11-37-23-7-5-6-17(18)25(23)33;/h5-7,12-15H,8-11H2,1-4H3,(H,28,29,30);1H4. The molecule has 1 aliphatic rings. The van der Waals surface area contributed by atoms with E-state index in [0.29, 0.717) is 41.2 Å². The van der Waals surface area contributed by atoms with Crippen molar-refractivity contribution in [2.75, 3.05) is 51.1 Å². The summed E-state index contributed by atoms with van der Waals surface area (Å²) in [6, 6.07) is 9.27. The molecule has 1 aliphatic heterocycles. The molecule has 2 aromatic carbocycles. The first-order valence-electron chi connectivity index (χ1n) is 11.9. The summed E-state index contributed by atoms with van der Waals surface area (Å²) in [6.07, 6.45) is 3.58. The van der Waals surface area contributed by atoms with Crippen LogP contribution in [0.2, 0.25) is 5.02 Å². The lowest BCUT2D eigenvalue weighted by Gasteiger charge is -2.22. The van der Waals surface area contributed by atoms with Crippen molar-refractivity contribution >= 4 is 45.5 Å². The number of nitrogens with zero attached hydrogens (tertiary/aromatic N) is 6. The van der Waals surface area contributed by atoms with Gasteiger partial charge in [-0.2, -0.15) is 0 Å². The van der Waals surface area contributed by atoms with Crippen LogP contribution in [0.15, 0.2) is 42.7 Å². The molecule has 0 saturated carbocycles. The minimum Gasteiger partial charge on any atom is -0.490 e. The molecule has 2 aromatic heterocycles. The number of ether oxygens (including phenoxy) is 1. The third-order valence-electron chi connectivity index (χ3n) is 6.51. The Morgan fingerprint density at radius 3 is 2.76 bits per heavy atom. The van der Waals surface area contributed by atoms with Crippen LogP contribution in [0.5, 0.6) is 5.75 Å². The van der Waals surface area contributed by atoms with E-state index in [0.717, 1.165) is 40.9 Å². The second-order valence-corrected chi connectivity index (χ2v) is 9.80. The molecule has 4 aromatic rings. The Kier molecular flexibility index (Phi) is 7.75. The van der Waals surface area contributed by atoms with E-state index in [-0.39, 0.29) is 18.0 Å². The Hall–Kier alpha value is -3.89. The maximum atomic E-state index is 11.9. The van der Waals surface area contributed by atoms with E-state index >= 15 is 0 Å². The number of hydrogen-bond acceptors (Lipinski definition) is 8. The van der Waals surface area contributed by atoms with Gasteiger partial charge in [-0.1, -0.05) is 31.2 Å². The number of halogens is 1. The Bertz CT molecular complexity index is 1500. The number of nitro benzene ring substituents is 1. The lowest BCUT2D eigenvalue weighted by Crippen LogP contribution is -2.29. The lowest BCUT2D eigenvalue weighted by atomic mass is 10.1. The summed E-state index contributed by atoms with van der Waals surface area (Å²) in [5.74, 6) is 1.13. The van der Waals surface area contributed by atoms with Crippen molar-refractivity contribution in [2.24, 2.45) is 0 Å². The van der Waals surface area contributed by atoms with Crippen LogP contribution >= 0.6 is 11.6 Å². The zero-order valence-electron chi connectivity index (χ0n) is 21.2. The molecule has 0 radical (unpaired) electrons. The molecule has 0 fully saturated rings. The van der Waals surface area contributed by atoms with Crippen molar-refractivity contribution in [1.29, 1.82) is 0 Å². The number of nitro groups is 1. The minimum absolute atomic E-state index is 0. The predicted octanol–water partition coefficient (Wildman–Crippen LogP) is 5.74. The largest absolute Gasteiger partial charge is 0.490 e. The zero-order valence-corrected chi connectivity index (χ0v) is 21.9. The van der Waals surface area contributed by atoms with E-state index in [1.165, 1.54) is 6.07 Å². The number of aryl methyl sites for hydroxylation is 1. The van der Waals surface area contributed by atoms with Crippen LogP contribution in [-0.2, 0) is 6.54 Å². The maximum Gasteiger partial charge on any atom is 0.294 e. The van der Waals surface area contributed by atoms with Gasteiger partial charge in [0.1, 0.15) is 18.0 Å². The molecule has 0 amide bonds. The smallest absolute Gasteiger partial charge is 0.294 e. The maximum absolute atomic E-state index is 11.9. The van der Waals surface area contributed by atoms with Gasteiger partial charge in [-0.15, -0.1) is 0 Å². The Labute approximate surface area is 227 Å². The van der Waals surface area contributed by atoms with Crippen LogP contribution in [-0.4, -0.2) is 65.2 Å². The van der Waals surface area contributed by atoms with Gasteiger partial charge in [0.25, 0.3) is 5.69 Å². The fourth-order valence-corrected chi connectivity index (χ4v) is 4.73. The molecule has 3 heterocycles. The van der Waals surface area contributed by atoms with E-state index in [9.17, 15) is 10.1 Å². The molecule has 0 atom stereocenters. The molecule has 0 unspecified atom stereocenters. The van der Waals surface area contributed by atoms with Gasteiger partial charge in [0, 0.05) is 43.4 Å². The average molecular weight is 538 g/mol. The molecule has 0 spiro atoms. The highest BCUT2D eigenvalue weighted by Crippen LogP contribution is 2.39. The molecule has 0 aliphatic carbocycles. The summed E-state index contributed by atoms with van der Waals surface area (Å²) in [6.45, 7) is 4.67. The third kappa shape index (κ3) is 5.09. The van der Waals surface area contributed by atoms with Crippen molar-refractivity contribution < 1.29 is 9.66 Å². The number of nitrogens with one attached hydrogen (secondary N) is 1. The van der Waals surface area contributed by atoms with E-state index in [1.54, 1.807) is 6.20 Å². The second-order valence-electron chi connectivity index (χ2n) is 9.39. The van der Waals surface area contributed by atoms with Gasteiger partial charge in [-0.25, -0.2) is 9.97 Å². The lowest BCUT2D eigenvalue weighted by molar-refractivity contribution is -0.384. The molecular weight excluding hydrogens is 506 g/mol. The van der Waals surface area contributed by atoms with Gasteiger partial charge in [0.15, 0.2) is 0 Å². The molecule has 10 nitrogen and oxygen atoms in total. The topological polar surface area (TPSA) is 102 Å². The summed E-state index contributed by atoms with van der Waals surface area (Å²) in [4.78, 5) is 24.6. The Morgan fingerprint density at radius 1 is 1.24 bits per heavy atom. The van der Waals surface area contributed by atoms with Crippen LogP contribution < -0.4 is 15.0 Å². The van der Waals surface area contributed by atoms with Gasteiger partial charge in [-0.05, 0) is 38.7 Å². The molecule has 1 N–H and O–H groups in total. The van der Waals surface area contributed by atoms with Gasteiger partial charge in [0.2, 0.25) is 5.95 Å². The van der Waals surface area contributed by atoms with E-state index < -0.39 is 0 Å². The first-order valence-corrected chi connectivity index (χ1v) is 12.3. The number of likely N-dealkylation sites (N-methyl/N-ethyl adjacent to an activating group) is 2. The van der Waals surface area contributed by atoms with Crippen molar-refractivity contribution in [1.82, 2.24) is 19.4 Å². The van der Waals surface area contributed by atoms with Crippen LogP contribution in [0.4, 0.5) is 23.0 Å². The summed E-state index contributed by atoms with van der Waals surface area (Å²) in [7, 11) is 5.80. The summed E-state index contributed by atoms with van der Waals surface area (Å²) in [5, 5.41) is 16.5. The number of anilines is 3. The van der Waals surface area contributed by atoms with Gasteiger partial charge in [0.05, 0.1) is 39.6 Å². The first kappa shape index (κ1) is 27.2. The Balaban J connectivity index is 0.00000336. The number of hydrogen-bond donors (Lipinski definition) is 1. The highest BCUT2D eigenvalue weighted by molar-refractivity contribution is 6.33. The number of para-hydroxylation sites is 1. The van der Waals surface area contributed by atoms with E-state index in [1.807, 2.05) is 68.3 Å². The highest BCUT2D eigenvalue weighted by atomic mass is 35.5. The molecular formula is C27H32ClN7O3. The van der Waals surface area contributed by atoms with Crippen LogP contribution in [0.3, 0.4) is 0 Å². The van der Waals surface area contributed by atoms with E-state index in [4.69, 9.17) is 21.3 Å². The highest BCUT2D eigenvalue weighted by Gasteiger charge is 2.23. The average Bonchev–Trinajstić information content (AvgIpc) is 3.25. The number of rotatable bonds is 8. The molecule has 0 bridgehead atoms. The summed E-state index contributed by atoms with van der Waals surface area (Å²) < 4.78 is 7.96. The Morgan fingerprint density at radius 2 is 2.03 bits per heavy atom. The summed E-state index contributed by atoms with van der Waals surface area (Å²) >= 11 is 6.56. The van der Waals surface area contributed by atoms with Crippen molar-refractivity contribution in [3.8, 4) is 17.0 Å². The number of benzene rings is 2. The van der Waals surface area contributed by atoms with Gasteiger partial charge >= 0.3 is 0 Å². The van der Waals surface area contributed by atoms with Crippen LogP contribution in [0.25, 0.3) is 22.2 Å². The minimum atomic E-state index is -0.365. The fourth-order valence-electron chi connectivity index (χ4n) is 4.54. The molecule has 11 heteroatoms. The third-order valence-corrected chi connectivity index (χ3v) is 6.79. The molecule has 38 heavy (non-hydrogen) atoms. The number of aromatic nitrogens is 3. The fraction of sp³-hybridized carbons (Fsp3) is 0.333. The van der Waals surface area contributed by atoms with Crippen molar-refractivity contribution in [2.45, 2.75) is 20.9 Å². The molecule has 200 valence electrons. The van der Waals surface area contributed by atoms with Crippen LogP contribution in [0.1, 0.15) is 13.0 Å². The molecule has 5 rings (SSSR count). The normalized spacial score (nSPS) is 12.3. The SMILES string of the molecule is C.Cc1cc(N(C)CCN(C)C)c([N+](=O)[O-])cc1Nc1ncc(Cl)c(-c2cn3c4c(cccc24)OCC3)n1. The van der Waals surface area contributed by atoms with Gasteiger partial charge in [-0.3, -0.25) is 10.1 Å². The zero-order chi connectivity index (χ0) is 26.3. The second kappa shape index (κ2) is 10.8. The van der Waals surface area contributed by atoms with Gasteiger partial charge < -0.3 is 24.4 Å². The first-order chi connectivity index (χ1) is 17.7. The van der Waals surface area contributed by atoms with Crippen molar-refractivity contribution in [3.05, 3.63) is 63.4 Å². The monoisotopic (exact) mass is 537 g/mol. The summed E-state index contributed by atoms with van der Waals surface area (Å²) in [5.41, 5.74) is 4.42.